The highest BCUT2D eigenvalue weighted by Gasteiger charge is 2.24. The van der Waals surface area contributed by atoms with Gasteiger partial charge in [-0.25, -0.2) is 0 Å². The van der Waals surface area contributed by atoms with E-state index in [0.29, 0.717) is 18.7 Å². The van der Waals surface area contributed by atoms with Crippen LogP contribution in [0, 0.1) is 0 Å². The van der Waals surface area contributed by atoms with Gasteiger partial charge in [0.15, 0.2) is 0 Å². The maximum Gasteiger partial charge on any atom is 0.303 e. The minimum Gasteiger partial charge on any atom is -0.481 e. The van der Waals surface area contributed by atoms with Crippen LogP contribution < -0.4 is 4.90 Å². The van der Waals surface area contributed by atoms with Crippen molar-refractivity contribution in [3.05, 3.63) is 24.3 Å². The van der Waals surface area contributed by atoms with E-state index in [-0.39, 0.29) is 11.3 Å². The van der Waals surface area contributed by atoms with E-state index in [1.807, 2.05) is 0 Å². The van der Waals surface area contributed by atoms with Gasteiger partial charge < -0.3 is 10.0 Å². The topological polar surface area (TPSA) is 87.0 Å². The molecule has 0 unspecified atom stereocenters. The first-order valence-corrected chi connectivity index (χ1v) is 7.82. The standard InChI is InChI=1S/C13H16N2O4S/c16-13(17)8-2-1-5-9-15-10-14-20(18,19)12-7-4-3-6-11(12)15/h3-4,6-7,10H,1-2,5,8-9H2,(H,16,17). The van der Waals surface area contributed by atoms with E-state index >= 15 is 0 Å². The fourth-order valence-corrected chi connectivity index (χ4v) is 3.12. The lowest BCUT2D eigenvalue weighted by Crippen LogP contribution is -2.28. The molecule has 0 bridgehead atoms. The Morgan fingerprint density at radius 2 is 1.95 bits per heavy atom. The zero-order valence-corrected chi connectivity index (χ0v) is 11.7. The molecule has 108 valence electrons. The molecular formula is C13H16N2O4S. The molecule has 7 heteroatoms. The minimum absolute atomic E-state index is 0.166. The van der Waals surface area contributed by atoms with E-state index in [1.54, 1.807) is 29.2 Å². The van der Waals surface area contributed by atoms with E-state index in [9.17, 15) is 13.2 Å². The molecule has 0 aromatic heterocycles. The number of carbonyl (C=O) groups is 1. The normalized spacial score (nSPS) is 15.9. The average Bonchev–Trinajstić information content (AvgIpc) is 2.41. The Balaban J connectivity index is 1.99. The second kappa shape index (κ2) is 6.04. The lowest BCUT2D eigenvalue weighted by Gasteiger charge is -2.24. The highest BCUT2D eigenvalue weighted by atomic mass is 32.2. The number of unbranched alkanes of at least 4 members (excludes halogenated alkanes) is 2. The van der Waals surface area contributed by atoms with Crippen LogP contribution in [0.15, 0.2) is 33.6 Å². The Hall–Kier alpha value is -1.89. The van der Waals surface area contributed by atoms with E-state index in [1.165, 1.54) is 6.34 Å². The van der Waals surface area contributed by atoms with Crippen molar-refractivity contribution in [2.75, 3.05) is 11.4 Å². The van der Waals surface area contributed by atoms with Crippen LogP contribution >= 0.6 is 0 Å². The lowest BCUT2D eigenvalue weighted by atomic mass is 10.2. The molecule has 0 saturated carbocycles. The number of anilines is 1. The predicted molar refractivity (Wildman–Crippen MR) is 75.6 cm³/mol. The molecule has 0 atom stereocenters. The quantitative estimate of drug-likeness (QED) is 0.810. The molecule has 0 spiro atoms. The Morgan fingerprint density at radius 1 is 1.20 bits per heavy atom. The Bertz CT molecular complexity index is 625. The van der Waals surface area contributed by atoms with Gasteiger partial charge in [0, 0.05) is 13.0 Å². The SMILES string of the molecule is O=C(O)CCCCCN1C=NS(=O)(=O)c2ccccc21. The number of para-hydroxylation sites is 1. The molecular weight excluding hydrogens is 280 g/mol. The van der Waals surface area contributed by atoms with Crippen LogP contribution in [0.25, 0.3) is 0 Å². The highest BCUT2D eigenvalue weighted by molar-refractivity contribution is 7.90. The Kier molecular flexibility index (Phi) is 4.39. The number of nitrogens with zero attached hydrogens (tertiary/aromatic N) is 2. The summed E-state index contributed by atoms with van der Waals surface area (Å²) in [5.41, 5.74) is 0.626. The number of benzene rings is 1. The summed E-state index contributed by atoms with van der Waals surface area (Å²) in [4.78, 5) is 12.4. The van der Waals surface area contributed by atoms with Gasteiger partial charge in [-0.2, -0.15) is 8.42 Å². The van der Waals surface area contributed by atoms with Crippen molar-refractivity contribution in [3.63, 3.8) is 0 Å². The van der Waals surface area contributed by atoms with Crippen LogP contribution in [0.4, 0.5) is 5.69 Å². The number of carboxylic acid groups (broad SMARTS) is 1. The van der Waals surface area contributed by atoms with Crippen LogP contribution in [-0.2, 0) is 14.8 Å². The molecule has 1 aliphatic rings. The summed E-state index contributed by atoms with van der Waals surface area (Å²) < 4.78 is 27.2. The number of rotatable bonds is 6. The minimum atomic E-state index is -3.57. The molecule has 1 N–H and O–H groups in total. The Morgan fingerprint density at radius 3 is 2.70 bits per heavy atom. The molecule has 0 saturated heterocycles. The smallest absolute Gasteiger partial charge is 0.303 e. The number of sulfonamides is 1. The summed E-state index contributed by atoms with van der Waals surface area (Å²) in [6, 6.07) is 6.74. The number of fused-ring (bicyclic) bond motifs is 1. The summed E-state index contributed by atoms with van der Waals surface area (Å²) in [7, 11) is -3.57. The van der Waals surface area contributed by atoms with Gasteiger partial charge >= 0.3 is 5.97 Å². The van der Waals surface area contributed by atoms with Crippen molar-refractivity contribution < 1.29 is 18.3 Å². The van der Waals surface area contributed by atoms with E-state index < -0.39 is 16.0 Å². The third kappa shape index (κ3) is 3.36. The molecule has 1 heterocycles. The molecule has 1 aromatic rings. The van der Waals surface area contributed by atoms with Gasteiger partial charge in [0.25, 0.3) is 10.0 Å². The third-order valence-electron chi connectivity index (χ3n) is 3.07. The molecule has 0 fully saturated rings. The van der Waals surface area contributed by atoms with Crippen LogP contribution in [0.3, 0.4) is 0 Å². The number of hydrogen-bond acceptors (Lipinski definition) is 4. The molecule has 20 heavy (non-hydrogen) atoms. The van der Waals surface area contributed by atoms with E-state index in [4.69, 9.17) is 5.11 Å². The first-order chi connectivity index (χ1) is 9.50. The van der Waals surface area contributed by atoms with Crippen molar-refractivity contribution in [3.8, 4) is 0 Å². The zero-order chi connectivity index (χ0) is 14.6. The van der Waals surface area contributed by atoms with Crippen molar-refractivity contribution in [2.24, 2.45) is 4.40 Å². The highest BCUT2D eigenvalue weighted by Crippen LogP contribution is 2.29. The Labute approximate surface area is 117 Å². The van der Waals surface area contributed by atoms with Crippen molar-refractivity contribution in [2.45, 2.75) is 30.6 Å². The second-order valence-corrected chi connectivity index (χ2v) is 6.16. The van der Waals surface area contributed by atoms with Gasteiger partial charge in [-0.3, -0.25) is 4.79 Å². The van der Waals surface area contributed by atoms with Crippen LogP contribution in [0.2, 0.25) is 0 Å². The van der Waals surface area contributed by atoms with Gasteiger partial charge in [0.2, 0.25) is 0 Å². The number of aliphatic carboxylic acids is 1. The summed E-state index contributed by atoms with van der Waals surface area (Å²) in [6.07, 6.45) is 3.69. The maximum atomic E-state index is 11.8. The fourth-order valence-electron chi connectivity index (χ4n) is 2.06. The average molecular weight is 296 g/mol. The van der Waals surface area contributed by atoms with Crippen LogP contribution in [0.1, 0.15) is 25.7 Å². The molecule has 0 amide bonds. The van der Waals surface area contributed by atoms with Gasteiger partial charge in [-0.1, -0.05) is 18.6 Å². The summed E-state index contributed by atoms with van der Waals surface area (Å²) in [5.74, 6) is -0.791. The van der Waals surface area contributed by atoms with Crippen molar-refractivity contribution in [1.82, 2.24) is 0 Å². The van der Waals surface area contributed by atoms with Crippen molar-refractivity contribution in [1.29, 1.82) is 0 Å². The fraction of sp³-hybridized carbons (Fsp3) is 0.385. The van der Waals surface area contributed by atoms with Gasteiger partial charge in [-0.05, 0) is 25.0 Å². The van der Waals surface area contributed by atoms with Gasteiger partial charge in [0.05, 0.1) is 5.69 Å². The molecule has 1 aliphatic heterocycles. The third-order valence-corrected chi connectivity index (χ3v) is 4.34. The lowest BCUT2D eigenvalue weighted by molar-refractivity contribution is -0.137. The monoisotopic (exact) mass is 296 g/mol. The van der Waals surface area contributed by atoms with E-state index in [0.717, 1.165) is 12.8 Å². The van der Waals surface area contributed by atoms with Gasteiger partial charge in [0.1, 0.15) is 11.2 Å². The molecule has 6 nitrogen and oxygen atoms in total. The number of hydrogen-bond donors (Lipinski definition) is 1. The van der Waals surface area contributed by atoms with Crippen LogP contribution in [-0.4, -0.2) is 32.4 Å². The molecule has 0 aliphatic carbocycles. The number of carboxylic acids is 1. The molecule has 1 aromatic carbocycles. The molecule has 2 rings (SSSR count). The van der Waals surface area contributed by atoms with Crippen molar-refractivity contribution >= 4 is 28.0 Å². The summed E-state index contributed by atoms with van der Waals surface area (Å²) in [6.45, 7) is 0.621. The maximum absolute atomic E-state index is 11.8. The first kappa shape index (κ1) is 14.5. The van der Waals surface area contributed by atoms with Gasteiger partial charge in [-0.15, -0.1) is 4.40 Å². The second-order valence-electron chi connectivity index (χ2n) is 4.56. The van der Waals surface area contributed by atoms with Crippen LogP contribution in [0.5, 0.6) is 0 Å². The first-order valence-electron chi connectivity index (χ1n) is 6.38. The zero-order valence-electron chi connectivity index (χ0n) is 10.9. The predicted octanol–water partition coefficient (Wildman–Crippen LogP) is 1.87. The largest absolute Gasteiger partial charge is 0.481 e. The van der Waals surface area contributed by atoms with E-state index in [2.05, 4.69) is 4.40 Å². The summed E-state index contributed by atoms with van der Waals surface area (Å²) in [5, 5.41) is 8.55. The summed E-state index contributed by atoms with van der Waals surface area (Å²) >= 11 is 0. The molecule has 0 radical (unpaired) electrons.